The van der Waals surface area contributed by atoms with Crippen LogP contribution in [0.1, 0.15) is 27.2 Å². The Kier molecular flexibility index (Phi) is 4.66. The molecule has 0 fully saturated rings. The Morgan fingerprint density at radius 1 is 1.55 bits per heavy atom. The summed E-state index contributed by atoms with van der Waals surface area (Å²) >= 11 is 0. The number of nitrogens with one attached hydrogen (secondary N) is 1. The SMILES string of the molecule is CC[C@@H](NC(=O)OC)C(C)C. The number of rotatable bonds is 3. The topological polar surface area (TPSA) is 38.3 Å². The molecule has 0 aliphatic rings. The van der Waals surface area contributed by atoms with Gasteiger partial charge in [-0.3, -0.25) is 0 Å². The van der Waals surface area contributed by atoms with E-state index >= 15 is 0 Å². The van der Waals surface area contributed by atoms with Crippen molar-refractivity contribution >= 4 is 6.09 Å². The van der Waals surface area contributed by atoms with Crippen molar-refractivity contribution < 1.29 is 9.53 Å². The van der Waals surface area contributed by atoms with E-state index in [9.17, 15) is 4.79 Å². The second kappa shape index (κ2) is 4.99. The van der Waals surface area contributed by atoms with E-state index in [1.54, 1.807) is 0 Å². The van der Waals surface area contributed by atoms with Crippen molar-refractivity contribution in [3.63, 3.8) is 0 Å². The van der Waals surface area contributed by atoms with E-state index in [1.165, 1.54) is 7.11 Å². The highest BCUT2D eigenvalue weighted by Crippen LogP contribution is 2.04. The minimum atomic E-state index is -0.342. The number of amides is 1. The summed E-state index contributed by atoms with van der Waals surface area (Å²) in [6.45, 7) is 6.19. The highest BCUT2D eigenvalue weighted by Gasteiger charge is 2.13. The molecule has 3 heteroatoms. The first kappa shape index (κ1) is 10.3. The van der Waals surface area contributed by atoms with Crippen LogP contribution >= 0.6 is 0 Å². The van der Waals surface area contributed by atoms with Crippen molar-refractivity contribution in [1.29, 1.82) is 0 Å². The average molecular weight is 159 g/mol. The zero-order valence-corrected chi connectivity index (χ0v) is 7.68. The molecule has 66 valence electrons. The lowest BCUT2D eigenvalue weighted by Crippen LogP contribution is -2.37. The fraction of sp³-hybridized carbons (Fsp3) is 0.875. The van der Waals surface area contributed by atoms with Gasteiger partial charge in [-0.05, 0) is 12.3 Å². The first-order valence-electron chi connectivity index (χ1n) is 3.96. The van der Waals surface area contributed by atoms with E-state index < -0.39 is 0 Å². The largest absolute Gasteiger partial charge is 0.453 e. The highest BCUT2D eigenvalue weighted by atomic mass is 16.5. The maximum absolute atomic E-state index is 10.8. The van der Waals surface area contributed by atoms with Crippen LogP contribution in [0.25, 0.3) is 0 Å². The Balaban J connectivity index is 3.78. The van der Waals surface area contributed by atoms with Crippen LogP contribution in [0.3, 0.4) is 0 Å². The minimum Gasteiger partial charge on any atom is -0.453 e. The summed E-state index contributed by atoms with van der Waals surface area (Å²) in [6.07, 6.45) is 0.595. The molecule has 0 saturated carbocycles. The fourth-order valence-corrected chi connectivity index (χ4v) is 0.950. The molecule has 0 rings (SSSR count). The van der Waals surface area contributed by atoms with Gasteiger partial charge in [-0.1, -0.05) is 20.8 Å². The molecule has 11 heavy (non-hydrogen) atoms. The van der Waals surface area contributed by atoms with Gasteiger partial charge in [-0.15, -0.1) is 0 Å². The number of ether oxygens (including phenoxy) is 1. The van der Waals surface area contributed by atoms with Crippen LogP contribution in [0.4, 0.5) is 4.79 Å². The van der Waals surface area contributed by atoms with Crippen molar-refractivity contribution in [1.82, 2.24) is 5.32 Å². The number of carbonyl (C=O) groups is 1. The predicted octanol–water partition coefficient (Wildman–Crippen LogP) is 1.78. The predicted molar refractivity (Wildman–Crippen MR) is 44.5 cm³/mol. The van der Waals surface area contributed by atoms with Crippen LogP contribution in [0.2, 0.25) is 0 Å². The van der Waals surface area contributed by atoms with Crippen LogP contribution in [0, 0.1) is 5.92 Å². The normalized spacial score (nSPS) is 12.8. The summed E-state index contributed by atoms with van der Waals surface area (Å²) < 4.78 is 4.48. The Morgan fingerprint density at radius 3 is 2.36 bits per heavy atom. The minimum absolute atomic E-state index is 0.224. The number of carbonyl (C=O) groups excluding carboxylic acids is 1. The van der Waals surface area contributed by atoms with Gasteiger partial charge in [0.2, 0.25) is 0 Å². The van der Waals surface area contributed by atoms with E-state index in [0.29, 0.717) is 5.92 Å². The van der Waals surface area contributed by atoms with Gasteiger partial charge in [0.1, 0.15) is 0 Å². The third-order valence-electron chi connectivity index (χ3n) is 1.73. The van der Waals surface area contributed by atoms with Crippen LogP contribution < -0.4 is 5.32 Å². The lowest BCUT2D eigenvalue weighted by Gasteiger charge is -2.19. The monoisotopic (exact) mass is 159 g/mol. The molecule has 0 aromatic heterocycles. The third-order valence-corrected chi connectivity index (χ3v) is 1.73. The molecule has 1 amide bonds. The van der Waals surface area contributed by atoms with Crippen molar-refractivity contribution in [3.8, 4) is 0 Å². The Labute approximate surface area is 68.1 Å². The molecule has 0 radical (unpaired) electrons. The van der Waals surface area contributed by atoms with E-state index in [1.807, 2.05) is 6.92 Å². The lowest BCUT2D eigenvalue weighted by atomic mass is 10.0. The Bertz CT molecular complexity index is 123. The Hall–Kier alpha value is -0.730. The molecule has 0 heterocycles. The summed E-state index contributed by atoms with van der Waals surface area (Å²) in [5.74, 6) is 0.457. The third kappa shape index (κ3) is 3.86. The smallest absolute Gasteiger partial charge is 0.407 e. The van der Waals surface area contributed by atoms with Gasteiger partial charge >= 0.3 is 6.09 Å². The Morgan fingerprint density at radius 2 is 2.09 bits per heavy atom. The van der Waals surface area contributed by atoms with E-state index in [4.69, 9.17) is 0 Å². The van der Waals surface area contributed by atoms with Gasteiger partial charge in [0.25, 0.3) is 0 Å². The summed E-state index contributed by atoms with van der Waals surface area (Å²) in [5, 5.41) is 2.75. The molecule has 1 atom stereocenters. The number of methoxy groups -OCH3 is 1. The van der Waals surface area contributed by atoms with Gasteiger partial charge in [0.05, 0.1) is 7.11 Å². The molecule has 0 aromatic rings. The van der Waals surface area contributed by atoms with E-state index in [-0.39, 0.29) is 12.1 Å². The zero-order valence-electron chi connectivity index (χ0n) is 7.68. The maximum Gasteiger partial charge on any atom is 0.407 e. The van der Waals surface area contributed by atoms with Gasteiger partial charge in [0, 0.05) is 6.04 Å². The summed E-state index contributed by atoms with van der Waals surface area (Å²) in [7, 11) is 1.38. The highest BCUT2D eigenvalue weighted by molar-refractivity contribution is 5.67. The maximum atomic E-state index is 10.8. The molecule has 0 aromatic carbocycles. The second-order valence-electron chi connectivity index (χ2n) is 2.89. The fourth-order valence-electron chi connectivity index (χ4n) is 0.950. The molecule has 0 bridgehead atoms. The van der Waals surface area contributed by atoms with Gasteiger partial charge in [0.15, 0.2) is 0 Å². The zero-order chi connectivity index (χ0) is 8.85. The second-order valence-corrected chi connectivity index (χ2v) is 2.89. The molecular formula is C8H17NO2. The van der Waals surface area contributed by atoms with Gasteiger partial charge < -0.3 is 10.1 Å². The first-order chi connectivity index (χ1) is 5.11. The average Bonchev–Trinajstić information content (AvgIpc) is 1.99. The van der Waals surface area contributed by atoms with Crippen LogP contribution in [-0.4, -0.2) is 19.2 Å². The molecule has 0 aliphatic heterocycles. The van der Waals surface area contributed by atoms with Crippen molar-refractivity contribution in [3.05, 3.63) is 0 Å². The van der Waals surface area contributed by atoms with E-state index in [0.717, 1.165) is 6.42 Å². The molecule has 1 N–H and O–H groups in total. The van der Waals surface area contributed by atoms with Crippen LogP contribution in [-0.2, 0) is 4.74 Å². The molecule has 3 nitrogen and oxygen atoms in total. The molecule has 0 spiro atoms. The van der Waals surface area contributed by atoms with Crippen LogP contribution in [0.5, 0.6) is 0 Å². The molecule has 0 aliphatic carbocycles. The molecule has 0 saturated heterocycles. The molecule has 0 unspecified atom stereocenters. The summed E-state index contributed by atoms with van der Waals surface area (Å²) in [5.41, 5.74) is 0. The number of hydrogen-bond acceptors (Lipinski definition) is 2. The van der Waals surface area contributed by atoms with Crippen molar-refractivity contribution in [2.75, 3.05) is 7.11 Å². The number of hydrogen-bond donors (Lipinski definition) is 1. The lowest BCUT2D eigenvalue weighted by molar-refractivity contribution is 0.162. The standard InChI is InChI=1S/C8H17NO2/c1-5-7(6(2)3)9-8(10)11-4/h6-7H,5H2,1-4H3,(H,9,10)/t7-/m1/s1. The molecular weight excluding hydrogens is 142 g/mol. The first-order valence-corrected chi connectivity index (χ1v) is 3.96. The van der Waals surface area contributed by atoms with Gasteiger partial charge in [-0.2, -0.15) is 0 Å². The van der Waals surface area contributed by atoms with Crippen LogP contribution in [0.15, 0.2) is 0 Å². The van der Waals surface area contributed by atoms with E-state index in [2.05, 4.69) is 23.9 Å². The van der Waals surface area contributed by atoms with Crippen molar-refractivity contribution in [2.24, 2.45) is 5.92 Å². The number of alkyl carbamates (subject to hydrolysis) is 1. The summed E-state index contributed by atoms with van der Waals surface area (Å²) in [6, 6.07) is 0.224. The van der Waals surface area contributed by atoms with Crippen molar-refractivity contribution in [2.45, 2.75) is 33.2 Å². The quantitative estimate of drug-likeness (QED) is 0.681. The van der Waals surface area contributed by atoms with Gasteiger partial charge in [-0.25, -0.2) is 4.79 Å². The summed E-state index contributed by atoms with van der Waals surface area (Å²) in [4.78, 5) is 10.8.